The van der Waals surface area contributed by atoms with Crippen molar-refractivity contribution in [1.29, 1.82) is 0 Å². The summed E-state index contributed by atoms with van der Waals surface area (Å²) in [6.07, 6.45) is 0.532. The maximum atomic E-state index is 11.1. The smallest absolute Gasteiger partial charge is 0.169 e. The van der Waals surface area contributed by atoms with E-state index in [0.29, 0.717) is 12.3 Å². The Morgan fingerprint density at radius 3 is 2.60 bits per heavy atom. The quantitative estimate of drug-likeness (QED) is 0.739. The Morgan fingerprint density at radius 1 is 1.33 bits per heavy atom. The molecule has 0 heterocycles. The summed E-state index contributed by atoms with van der Waals surface area (Å²) < 4.78 is 5.50. The summed E-state index contributed by atoms with van der Waals surface area (Å²) in [5, 5.41) is 0. The molecule has 0 unspecified atom stereocenters. The molecule has 0 spiro atoms. The van der Waals surface area contributed by atoms with Crippen LogP contribution in [0.2, 0.25) is 0 Å². The normalized spacial score (nSPS) is 10.4. The number of hydrogen-bond donors (Lipinski definition) is 0. The van der Waals surface area contributed by atoms with Gasteiger partial charge in [-0.2, -0.15) is 0 Å². The Bertz CT molecular complexity index is 329. The topological polar surface area (TPSA) is 26.3 Å². The van der Waals surface area contributed by atoms with Crippen molar-refractivity contribution in [3.63, 3.8) is 0 Å². The largest absolute Gasteiger partial charge is 0.486 e. The molecule has 0 radical (unpaired) electrons. The highest BCUT2D eigenvalue weighted by molar-refractivity contribution is 5.79. The highest BCUT2D eigenvalue weighted by Gasteiger charge is 2.07. The van der Waals surface area contributed by atoms with Crippen molar-refractivity contribution in [3.05, 3.63) is 29.8 Å². The number of Topliss-reactive ketones (excluding diaryl/α,β-unsaturated/α-hetero) is 1. The zero-order chi connectivity index (χ0) is 11.3. The Hall–Kier alpha value is -1.31. The van der Waals surface area contributed by atoms with Crippen molar-refractivity contribution >= 4 is 5.78 Å². The molecular weight excluding hydrogens is 188 g/mol. The Morgan fingerprint density at radius 2 is 2.00 bits per heavy atom. The Labute approximate surface area is 91.3 Å². The van der Waals surface area contributed by atoms with Gasteiger partial charge in [0, 0.05) is 6.42 Å². The van der Waals surface area contributed by atoms with Gasteiger partial charge in [-0.05, 0) is 17.5 Å². The first-order chi connectivity index (χ1) is 7.15. The molecule has 1 aromatic carbocycles. The van der Waals surface area contributed by atoms with Gasteiger partial charge in [0.1, 0.15) is 12.4 Å². The first kappa shape index (κ1) is 11.8. The SMILES string of the molecule is CCC(=O)COc1ccccc1C(C)C. The molecule has 0 amide bonds. The molecule has 0 aliphatic carbocycles. The molecule has 0 fully saturated rings. The van der Waals surface area contributed by atoms with E-state index in [9.17, 15) is 4.79 Å². The van der Waals surface area contributed by atoms with E-state index >= 15 is 0 Å². The van der Waals surface area contributed by atoms with Crippen molar-refractivity contribution in [3.8, 4) is 5.75 Å². The second-order valence-corrected chi connectivity index (χ2v) is 3.87. The lowest BCUT2D eigenvalue weighted by atomic mass is 10.0. The minimum atomic E-state index is 0.133. The molecule has 82 valence electrons. The number of para-hydroxylation sites is 1. The summed E-state index contributed by atoms with van der Waals surface area (Å²) in [7, 11) is 0. The van der Waals surface area contributed by atoms with E-state index in [4.69, 9.17) is 4.74 Å². The van der Waals surface area contributed by atoms with Crippen LogP contribution in [-0.2, 0) is 4.79 Å². The summed E-state index contributed by atoms with van der Waals surface area (Å²) in [6.45, 7) is 6.26. The average Bonchev–Trinajstić information content (AvgIpc) is 2.26. The van der Waals surface area contributed by atoms with Gasteiger partial charge in [-0.1, -0.05) is 39.0 Å². The van der Waals surface area contributed by atoms with Crippen LogP contribution in [0.4, 0.5) is 0 Å². The molecule has 0 saturated heterocycles. The van der Waals surface area contributed by atoms with Crippen LogP contribution < -0.4 is 4.74 Å². The van der Waals surface area contributed by atoms with E-state index in [1.165, 1.54) is 0 Å². The van der Waals surface area contributed by atoms with Gasteiger partial charge in [-0.25, -0.2) is 0 Å². The van der Waals surface area contributed by atoms with Gasteiger partial charge in [0.2, 0.25) is 0 Å². The predicted octanol–water partition coefficient (Wildman–Crippen LogP) is 3.17. The maximum absolute atomic E-state index is 11.1. The summed E-state index contributed by atoms with van der Waals surface area (Å²) >= 11 is 0. The first-order valence-corrected chi connectivity index (χ1v) is 5.38. The van der Waals surface area contributed by atoms with Crippen LogP contribution in [0.25, 0.3) is 0 Å². The van der Waals surface area contributed by atoms with E-state index in [-0.39, 0.29) is 12.4 Å². The predicted molar refractivity (Wildman–Crippen MR) is 61.3 cm³/mol. The molecule has 0 aliphatic heterocycles. The third kappa shape index (κ3) is 3.39. The van der Waals surface area contributed by atoms with E-state index in [2.05, 4.69) is 13.8 Å². The zero-order valence-electron chi connectivity index (χ0n) is 9.62. The van der Waals surface area contributed by atoms with Crippen molar-refractivity contribution in [2.45, 2.75) is 33.1 Å². The first-order valence-electron chi connectivity index (χ1n) is 5.38. The van der Waals surface area contributed by atoms with Crippen molar-refractivity contribution in [2.75, 3.05) is 6.61 Å². The second kappa shape index (κ2) is 5.54. The van der Waals surface area contributed by atoms with Gasteiger partial charge in [-0.3, -0.25) is 4.79 Å². The molecule has 0 N–H and O–H groups in total. The highest BCUT2D eigenvalue weighted by Crippen LogP contribution is 2.25. The van der Waals surface area contributed by atoms with Crippen LogP contribution in [0.5, 0.6) is 5.75 Å². The molecule has 0 aliphatic rings. The van der Waals surface area contributed by atoms with Gasteiger partial charge in [0.15, 0.2) is 5.78 Å². The van der Waals surface area contributed by atoms with Crippen molar-refractivity contribution < 1.29 is 9.53 Å². The molecule has 1 rings (SSSR count). The number of rotatable bonds is 5. The minimum Gasteiger partial charge on any atom is -0.486 e. The third-order valence-electron chi connectivity index (χ3n) is 2.32. The maximum Gasteiger partial charge on any atom is 0.169 e. The number of hydrogen-bond acceptors (Lipinski definition) is 2. The molecule has 0 bridgehead atoms. The van der Waals surface area contributed by atoms with Gasteiger partial charge in [0.05, 0.1) is 0 Å². The average molecular weight is 206 g/mol. The third-order valence-corrected chi connectivity index (χ3v) is 2.32. The molecule has 1 aromatic rings. The van der Waals surface area contributed by atoms with E-state index in [0.717, 1.165) is 11.3 Å². The van der Waals surface area contributed by atoms with Crippen molar-refractivity contribution in [1.82, 2.24) is 0 Å². The number of ether oxygens (including phenoxy) is 1. The summed E-state index contributed by atoms with van der Waals surface area (Å²) in [5.74, 6) is 1.38. The van der Waals surface area contributed by atoms with Gasteiger partial charge >= 0.3 is 0 Å². The van der Waals surface area contributed by atoms with Gasteiger partial charge in [-0.15, -0.1) is 0 Å². The fourth-order valence-electron chi connectivity index (χ4n) is 1.35. The monoisotopic (exact) mass is 206 g/mol. The molecule has 2 nitrogen and oxygen atoms in total. The van der Waals surface area contributed by atoms with Crippen LogP contribution in [0, 0.1) is 0 Å². The van der Waals surface area contributed by atoms with E-state index in [1.54, 1.807) is 0 Å². The summed E-state index contributed by atoms with van der Waals surface area (Å²) in [5.41, 5.74) is 1.15. The molecule has 0 saturated carbocycles. The standard InChI is InChI=1S/C13H18O2/c1-4-11(14)9-15-13-8-6-5-7-12(13)10(2)3/h5-8,10H,4,9H2,1-3H3. The van der Waals surface area contributed by atoms with Gasteiger partial charge in [0.25, 0.3) is 0 Å². The lowest BCUT2D eigenvalue weighted by Crippen LogP contribution is -2.10. The van der Waals surface area contributed by atoms with Crippen LogP contribution in [0.3, 0.4) is 0 Å². The lowest BCUT2D eigenvalue weighted by molar-refractivity contribution is -0.120. The molecular formula is C13H18O2. The van der Waals surface area contributed by atoms with Crippen LogP contribution in [0.15, 0.2) is 24.3 Å². The fraction of sp³-hybridized carbons (Fsp3) is 0.462. The van der Waals surface area contributed by atoms with Crippen LogP contribution in [0.1, 0.15) is 38.7 Å². The number of benzene rings is 1. The van der Waals surface area contributed by atoms with Crippen LogP contribution >= 0.6 is 0 Å². The Kier molecular flexibility index (Phi) is 4.35. The summed E-state index contributed by atoms with van der Waals surface area (Å²) in [4.78, 5) is 11.1. The fourth-order valence-corrected chi connectivity index (χ4v) is 1.35. The molecule has 15 heavy (non-hydrogen) atoms. The highest BCUT2D eigenvalue weighted by atomic mass is 16.5. The molecule has 0 atom stereocenters. The summed E-state index contributed by atoms with van der Waals surface area (Å²) in [6, 6.07) is 7.87. The Balaban J connectivity index is 2.71. The number of ketones is 1. The molecule has 2 heteroatoms. The van der Waals surface area contributed by atoms with E-state index < -0.39 is 0 Å². The zero-order valence-corrected chi connectivity index (χ0v) is 9.62. The number of carbonyl (C=O) groups excluding carboxylic acids is 1. The lowest BCUT2D eigenvalue weighted by Gasteiger charge is -2.12. The second-order valence-electron chi connectivity index (χ2n) is 3.87. The van der Waals surface area contributed by atoms with E-state index in [1.807, 2.05) is 31.2 Å². The van der Waals surface area contributed by atoms with Crippen molar-refractivity contribution in [2.24, 2.45) is 0 Å². The molecule has 0 aromatic heterocycles. The minimum absolute atomic E-state index is 0.133. The van der Waals surface area contributed by atoms with Crippen LogP contribution in [-0.4, -0.2) is 12.4 Å². The van der Waals surface area contributed by atoms with Gasteiger partial charge < -0.3 is 4.74 Å². The number of carbonyl (C=O) groups is 1.